The van der Waals surface area contributed by atoms with E-state index in [-0.39, 0.29) is 18.1 Å². The quantitative estimate of drug-likeness (QED) is 0.269. The molecule has 0 heterocycles. The third-order valence-corrected chi connectivity index (χ3v) is 2.96. The molecule has 0 bridgehead atoms. The van der Waals surface area contributed by atoms with Crippen molar-refractivity contribution in [3.05, 3.63) is 81.9 Å². The van der Waals surface area contributed by atoms with Crippen LogP contribution in [-0.2, 0) is 9.53 Å². The summed E-state index contributed by atoms with van der Waals surface area (Å²) in [5.41, 5.74) is 1.06. The minimum absolute atomic E-state index is 0.0295. The molecule has 6 heteroatoms. The monoisotopic (exact) mass is 311 g/mol. The van der Waals surface area contributed by atoms with Crippen LogP contribution in [0.25, 0.3) is 6.08 Å². The van der Waals surface area contributed by atoms with Gasteiger partial charge in [0.05, 0.1) is 4.92 Å². The molecule has 6 nitrogen and oxygen atoms in total. The Kier molecular flexibility index (Phi) is 5.35. The average molecular weight is 311 g/mol. The lowest BCUT2D eigenvalue weighted by molar-refractivity contribution is -0.384. The van der Waals surface area contributed by atoms with Crippen molar-refractivity contribution in [2.45, 2.75) is 0 Å². The van der Waals surface area contributed by atoms with Crippen LogP contribution >= 0.6 is 0 Å². The first kappa shape index (κ1) is 16.1. The number of hydrogen-bond acceptors (Lipinski definition) is 5. The van der Waals surface area contributed by atoms with E-state index in [1.165, 1.54) is 36.4 Å². The molecular weight excluding hydrogens is 298 g/mol. The number of nitro benzene ring substituents is 1. The van der Waals surface area contributed by atoms with Crippen LogP contribution in [0.15, 0.2) is 60.7 Å². The van der Waals surface area contributed by atoms with Gasteiger partial charge in [-0.15, -0.1) is 0 Å². The molecule has 0 N–H and O–H groups in total. The number of ether oxygens (including phenoxy) is 1. The summed E-state index contributed by atoms with van der Waals surface area (Å²) in [6, 6.07) is 14.2. The van der Waals surface area contributed by atoms with Gasteiger partial charge in [0.1, 0.15) is 0 Å². The number of benzene rings is 2. The maximum absolute atomic E-state index is 11.8. The topological polar surface area (TPSA) is 86.5 Å². The van der Waals surface area contributed by atoms with Crippen molar-refractivity contribution in [3.8, 4) is 0 Å². The molecule has 2 aromatic rings. The van der Waals surface area contributed by atoms with Crippen molar-refractivity contribution in [1.82, 2.24) is 0 Å². The molecule has 0 atom stereocenters. The van der Waals surface area contributed by atoms with Gasteiger partial charge in [0, 0.05) is 23.8 Å². The van der Waals surface area contributed by atoms with Crippen LogP contribution in [-0.4, -0.2) is 23.3 Å². The van der Waals surface area contributed by atoms with Gasteiger partial charge in [0.2, 0.25) is 0 Å². The van der Waals surface area contributed by atoms with Crippen molar-refractivity contribution in [2.24, 2.45) is 0 Å². The van der Waals surface area contributed by atoms with Gasteiger partial charge in [0.25, 0.3) is 5.69 Å². The predicted molar refractivity (Wildman–Crippen MR) is 83.9 cm³/mol. The smallest absolute Gasteiger partial charge is 0.331 e. The number of nitrogens with zero attached hydrogens (tertiary/aromatic N) is 1. The second-order valence-electron chi connectivity index (χ2n) is 4.58. The zero-order chi connectivity index (χ0) is 16.7. The van der Waals surface area contributed by atoms with Gasteiger partial charge in [-0.05, 0) is 23.8 Å². The van der Waals surface area contributed by atoms with Crippen molar-refractivity contribution < 1.29 is 19.2 Å². The molecule has 0 radical (unpaired) electrons. The number of esters is 1. The molecule has 0 aliphatic heterocycles. The Morgan fingerprint density at radius 3 is 2.30 bits per heavy atom. The lowest BCUT2D eigenvalue weighted by Gasteiger charge is -2.01. The van der Waals surface area contributed by atoms with E-state index in [2.05, 4.69) is 0 Å². The zero-order valence-corrected chi connectivity index (χ0v) is 12.0. The number of hydrogen-bond donors (Lipinski definition) is 0. The average Bonchev–Trinajstić information content (AvgIpc) is 2.59. The highest BCUT2D eigenvalue weighted by Crippen LogP contribution is 2.12. The zero-order valence-electron chi connectivity index (χ0n) is 12.0. The Labute approximate surface area is 132 Å². The van der Waals surface area contributed by atoms with Crippen molar-refractivity contribution in [1.29, 1.82) is 0 Å². The van der Waals surface area contributed by atoms with Crippen LogP contribution in [0.2, 0.25) is 0 Å². The van der Waals surface area contributed by atoms with E-state index >= 15 is 0 Å². The molecule has 0 amide bonds. The standard InChI is InChI=1S/C17H13NO5/c19-16(14-4-2-1-3-5-14)12-23-17(20)11-8-13-6-9-15(10-7-13)18(21)22/h1-11H,12H2/b11-8+. The maximum Gasteiger partial charge on any atom is 0.331 e. The van der Waals surface area contributed by atoms with Gasteiger partial charge in [-0.2, -0.15) is 0 Å². The number of nitro groups is 1. The summed E-state index contributed by atoms with van der Waals surface area (Å²) in [6.45, 7) is -0.340. The number of carbonyl (C=O) groups is 2. The number of Topliss-reactive ketones (excluding diaryl/α,β-unsaturated/α-hetero) is 1. The molecule has 0 saturated heterocycles. The first-order valence-electron chi connectivity index (χ1n) is 6.74. The first-order chi connectivity index (χ1) is 11.1. The fraction of sp³-hybridized carbons (Fsp3) is 0.0588. The summed E-state index contributed by atoms with van der Waals surface area (Å²) in [5.74, 6) is -0.949. The van der Waals surface area contributed by atoms with Crippen LogP contribution in [0, 0.1) is 10.1 Å². The second-order valence-corrected chi connectivity index (χ2v) is 4.58. The minimum atomic E-state index is -0.660. The largest absolute Gasteiger partial charge is 0.454 e. The molecular formula is C17H13NO5. The van der Waals surface area contributed by atoms with Crippen LogP contribution in [0.3, 0.4) is 0 Å². The second kappa shape index (κ2) is 7.65. The van der Waals surface area contributed by atoms with Crippen molar-refractivity contribution >= 4 is 23.5 Å². The highest BCUT2D eigenvalue weighted by molar-refractivity contribution is 5.98. The SMILES string of the molecule is O=C(/C=C/c1ccc([N+](=O)[O-])cc1)OCC(=O)c1ccccc1. The number of rotatable bonds is 6. The summed E-state index contributed by atoms with van der Waals surface area (Å²) in [7, 11) is 0. The van der Waals surface area contributed by atoms with E-state index in [0.29, 0.717) is 11.1 Å². The number of carbonyl (C=O) groups excluding carboxylic acids is 2. The van der Waals surface area contributed by atoms with Gasteiger partial charge in [-0.25, -0.2) is 4.79 Å². The van der Waals surface area contributed by atoms with E-state index in [1.54, 1.807) is 30.3 Å². The lowest BCUT2D eigenvalue weighted by Crippen LogP contribution is -2.12. The summed E-state index contributed by atoms with van der Waals surface area (Å²) in [5, 5.41) is 10.5. The molecule has 0 spiro atoms. The van der Waals surface area contributed by atoms with Crippen LogP contribution < -0.4 is 0 Å². The van der Waals surface area contributed by atoms with Gasteiger partial charge < -0.3 is 4.74 Å². The molecule has 0 fully saturated rings. The third kappa shape index (κ3) is 4.89. The minimum Gasteiger partial charge on any atom is -0.454 e. The molecule has 0 aliphatic rings. The molecule has 23 heavy (non-hydrogen) atoms. The molecule has 0 aromatic heterocycles. The Hall–Kier alpha value is -3.28. The molecule has 2 aromatic carbocycles. The Morgan fingerprint density at radius 2 is 1.70 bits per heavy atom. The number of ketones is 1. The van der Waals surface area contributed by atoms with Crippen molar-refractivity contribution in [3.63, 3.8) is 0 Å². The van der Waals surface area contributed by atoms with Crippen LogP contribution in [0.5, 0.6) is 0 Å². The lowest BCUT2D eigenvalue weighted by atomic mass is 10.1. The van der Waals surface area contributed by atoms with Crippen molar-refractivity contribution in [2.75, 3.05) is 6.61 Å². The third-order valence-electron chi connectivity index (χ3n) is 2.96. The van der Waals surface area contributed by atoms with E-state index in [9.17, 15) is 19.7 Å². The summed E-state index contributed by atoms with van der Waals surface area (Å²) in [6.07, 6.45) is 2.62. The highest BCUT2D eigenvalue weighted by atomic mass is 16.6. The summed E-state index contributed by atoms with van der Waals surface area (Å²) >= 11 is 0. The van der Waals surface area contributed by atoms with E-state index in [1.807, 2.05) is 0 Å². The Morgan fingerprint density at radius 1 is 1.04 bits per heavy atom. The Bertz CT molecular complexity index is 735. The van der Waals surface area contributed by atoms with Gasteiger partial charge >= 0.3 is 5.97 Å². The number of non-ortho nitro benzene ring substituents is 1. The summed E-state index contributed by atoms with van der Waals surface area (Å²) in [4.78, 5) is 33.3. The van der Waals surface area contributed by atoms with Gasteiger partial charge in [0.15, 0.2) is 12.4 Å². The van der Waals surface area contributed by atoms with Crippen LogP contribution in [0.4, 0.5) is 5.69 Å². The molecule has 0 aliphatic carbocycles. The first-order valence-corrected chi connectivity index (χ1v) is 6.74. The summed E-state index contributed by atoms with van der Waals surface area (Å²) < 4.78 is 4.86. The predicted octanol–water partition coefficient (Wildman–Crippen LogP) is 3.03. The Balaban J connectivity index is 1.87. The molecule has 0 unspecified atom stereocenters. The van der Waals surface area contributed by atoms with E-state index in [4.69, 9.17) is 4.74 Å². The maximum atomic E-state index is 11.8. The van der Waals surface area contributed by atoms with E-state index in [0.717, 1.165) is 0 Å². The van der Waals surface area contributed by atoms with E-state index < -0.39 is 10.9 Å². The van der Waals surface area contributed by atoms with Gasteiger partial charge in [-0.1, -0.05) is 30.3 Å². The van der Waals surface area contributed by atoms with Crippen LogP contribution in [0.1, 0.15) is 15.9 Å². The molecule has 0 saturated carbocycles. The fourth-order valence-corrected chi connectivity index (χ4v) is 1.76. The van der Waals surface area contributed by atoms with Gasteiger partial charge in [-0.3, -0.25) is 14.9 Å². The normalized spacial score (nSPS) is 10.4. The molecule has 2 rings (SSSR count). The highest BCUT2D eigenvalue weighted by Gasteiger charge is 2.07. The fourth-order valence-electron chi connectivity index (χ4n) is 1.76. The molecule has 116 valence electrons.